The summed E-state index contributed by atoms with van der Waals surface area (Å²) in [4.78, 5) is 0. The molecule has 0 fully saturated rings. The molecule has 3 heteroatoms. The van der Waals surface area contributed by atoms with Gasteiger partial charge in [0.15, 0.2) is 0 Å². The monoisotopic (exact) mass is 810 g/mol. The Kier molecular flexibility index (Phi) is 10.1. The molecule has 256 valence electrons. The van der Waals surface area contributed by atoms with Crippen LogP contribution in [0.5, 0.6) is 0 Å². The van der Waals surface area contributed by atoms with Gasteiger partial charge in [-0.15, -0.1) is 0 Å². The molecular weight excluding hydrogens is 776 g/mol. The van der Waals surface area contributed by atoms with Crippen LogP contribution in [0.4, 0.5) is 0 Å². The Balaban J connectivity index is 1.41. The molecule has 8 rings (SSSR count). The summed E-state index contributed by atoms with van der Waals surface area (Å²) in [5.41, 5.74) is 8.67. The first-order valence-corrected chi connectivity index (χ1v) is 19.3. The second-order valence-corrected chi connectivity index (χ2v) is 14.9. The summed E-state index contributed by atoms with van der Waals surface area (Å²) >= 11 is 7.19. The average molecular weight is 813 g/mol. The normalized spacial score (nSPS) is 11.7. The Morgan fingerprint density at radius 3 is 0.698 bits per heavy atom. The molecule has 0 heterocycles. The molecule has 0 bridgehead atoms. The van der Waals surface area contributed by atoms with Crippen molar-refractivity contribution in [3.05, 3.63) is 261 Å². The van der Waals surface area contributed by atoms with Crippen LogP contribution >= 0.6 is 31.9 Å². The van der Waals surface area contributed by atoms with Crippen LogP contribution in [0.3, 0.4) is 0 Å². The zero-order valence-electron chi connectivity index (χ0n) is 28.9. The highest BCUT2D eigenvalue weighted by Crippen LogP contribution is 2.51. The number of hydrogen-bond donors (Lipinski definition) is 0. The van der Waals surface area contributed by atoms with Crippen LogP contribution in [0, 0.1) is 0 Å². The van der Waals surface area contributed by atoms with Gasteiger partial charge in [0.2, 0.25) is 0 Å². The maximum absolute atomic E-state index is 8.25. The fourth-order valence-corrected chi connectivity index (χ4v) is 7.88. The van der Waals surface area contributed by atoms with E-state index in [1.807, 2.05) is 0 Å². The summed E-state index contributed by atoms with van der Waals surface area (Å²) < 4.78 is 10.4. The number of benzene rings is 8. The molecule has 8 aromatic carbocycles. The van der Waals surface area contributed by atoms with Crippen LogP contribution in [0.15, 0.2) is 227 Å². The summed E-state index contributed by atoms with van der Waals surface area (Å²) in [6, 6.07) is 77.3. The summed E-state index contributed by atoms with van der Waals surface area (Å²) in [5.74, 6) is 0. The van der Waals surface area contributed by atoms with Crippen LogP contribution in [0.2, 0.25) is 0 Å². The fraction of sp³-hybridized carbons (Fsp3) is 0.0400. The van der Waals surface area contributed by atoms with Crippen molar-refractivity contribution in [2.75, 3.05) is 0 Å². The predicted molar refractivity (Wildman–Crippen MR) is 226 cm³/mol. The van der Waals surface area contributed by atoms with E-state index in [1.165, 1.54) is 0 Å². The average Bonchev–Trinajstić information content (AvgIpc) is 3.24. The van der Waals surface area contributed by atoms with E-state index in [2.05, 4.69) is 250 Å². The van der Waals surface area contributed by atoms with E-state index in [9.17, 15) is 0 Å². The van der Waals surface area contributed by atoms with E-state index in [0.29, 0.717) is 0 Å². The first kappa shape index (κ1) is 34.7. The maximum atomic E-state index is 8.25. The molecule has 0 amide bonds. The molecule has 0 saturated carbocycles. The molecule has 0 N–H and O–H groups in total. The Morgan fingerprint density at radius 2 is 0.453 bits per heavy atom. The minimum absolute atomic E-state index is 1.03. The van der Waals surface area contributed by atoms with E-state index in [4.69, 9.17) is 4.74 Å². The Hall–Kier alpha value is -5.32. The number of rotatable bonds is 10. The maximum Gasteiger partial charge on any atom is 0.145 e. The van der Waals surface area contributed by atoms with Gasteiger partial charge in [-0.2, -0.15) is 0 Å². The lowest BCUT2D eigenvalue weighted by Gasteiger charge is -2.46. The molecule has 8 aromatic rings. The smallest absolute Gasteiger partial charge is 0.145 e. The van der Waals surface area contributed by atoms with Gasteiger partial charge in [-0.1, -0.05) is 226 Å². The fourth-order valence-electron chi connectivity index (χ4n) is 7.35. The zero-order valence-corrected chi connectivity index (χ0v) is 32.1. The topological polar surface area (TPSA) is 9.23 Å². The molecule has 0 atom stereocenters. The van der Waals surface area contributed by atoms with Crippen LogP contribution in [0.1, 0.15) is 33.4 Å². The van der Waals surface area contributed by atoms with Gasteiger partial charge < -0.3 is 4.74 Å². The third kappa shape index (κ3) is 6.84. The number of hydrogen-bond acceptors (Lipinski definition) is 1. The van der Waals surface area contributed by atoms with Gasteiger partial charge >= 0.3 is 0 Å². The van der Waals surface area contributed by atoms with Crippen molar-refractivity contribution in [3.8, 4) is 22.3 Å². The third-order valence-electron chi connectivity index (χ3n) is 9.97. The predicted octanol–water partition coefficient (Wildman–Crippen LogP) is 13.8. The molecule has 0 aromatic heterocycles. The van der Waals surface area contributed by atoms with Gasteiger partial charge in [0, 0.05) is 8.95 Å². The quantitative estimate of drug-likeness (QED) is 0.125. The van der Waals surface area contributed by atoms with Gasteiger partial charge in [-0.25, -0.2) is 0 Å². The number of halogens is 2. The van der Waals surface area contributed by atoms with Crippen LogP contribution in [-0.4, -0.2) is 0 Å². The lowest BCUT2D eigenvalue weighted by Crippen LogP contribution is -2.44. The Labute approximate surface area is 328 Å². The molecule has 1 nitrogen and oxygen atoms in total. The molecule has 0 radical (unpaired) electrons. The van der Waals surface area contributed by atoms with Gasteiger partial charge in [0.05, 0.1) is 0 Å². The van der Waals surface area contributed by atoms with Crippen LogP contribution in [0.25, 0.3) is 22.3 Å². The van der Waals surface area contributed by atoms with Gasteiger partial charge in [0.1, 0.15) is 11.2 Å². The molecule has 0 saturated heterocycles. The van der Waals surface area contributed by atoms with E-state index in [0.717, 1.165) is 64.6 Å². The highest BCUT2D eigenvalue weighted by Gasteiger charge is 2.49. The van der Waals surface area contributed by atoms with Gasteiger partial charge in [0.25, 0.3) is 0 Å². The molecule has 53 heavy (non-hydrogen) atoms. The second kappa shape index (κ2) is 15.3. The second-order valence-electron chi connectivity index (χ2n) is 13.1. The minimum atomic E-state index is -1.04. The summed E-state index contributed by atoms with van der Waals surface area (Å²) in [5, 5.41) is 0. The van der Waals surface area contributed by atoms with Crippen LogP contribution < -0.4 is 0 Å². The van der Waals surface area contributed by atoms with Gasteiger partial charge in [-0.3, -0.25) is 0 Å². The first-order chi connectivity index (χ1) is 26.1. The van der Waals surface area contributed by atoms with Crippen molar-refractivity contribution in [1.82, 2.24) is 0 Å². The van der Waals surface area contributed by atoms with E-state index >= 15 is 0 Å². The Morgan fingerprint density at radius 1 is 0.245 bits per heavy atom. The molecule has 0 aliphatic carbocycles. The standard InChI is InChI=1S/C50H36Br2O/c51-47-33-25-39(26-34-47)37-21-29-45(30-22-37)49(41-13-5-1-6-14-41,42-15-7-2-8-16-42)53-50(43-17-9-3-10-18-43,44-19-11-4-12-20-44)46-31-23-38(24-32-46)40-27-35-48(52)36-28-40/h1-36H. The number of ether oxygens (including phenoxy) is 1. The van der Waals surface area contributed by atoms with Crippen molar-refractivity contribution in [2.24, 2.45) is 0 Å². The van der Waals surface area contributed by atoms with Crippen molar-refractivity contribution in [1.29, 1.82) is 0 Å². The highest BCUT2D eigenvalue weighted by atomic mass is 79.9. The lowest BCUT2D eigenvalue weighted by atomic mass is 9.75. The lowest BCUT2D eigenvalue weighted by molar-refractivity contribution is -0.0810. The van der Waals surface area contributed by atoms with E-state index in [1.54, 1.807) is 0 Å². The van der Waals surface area contributed by atoms with Crippen molar-refractivity contribution >= 4 is 31.9 Å². The zero-order chi connectivity index (χ0) is 36.1. The molecule has 0 aliphatic heterocycles. The van der Waals surface area contributed by atoms with Crippen LogP contribution in [-0.2, 0) is 15.9 Å². The Bertz CT molecular complexity index is 2120. The molecule has 0 aliphatic rings. The summed E-state index contributed by atoms with van der Waals surface area (Å²) in [7, 11) is 0. The SMILES string of the molecule is Brc1ccc(-c2ccc(C(OC(c3ccccc3)(c3ccccc3)c3ccc(-c4ccc(Br)cc4)cc3)(c3ccccc3)c3ccccc3)cc2)cc1. The third-order valence-corrected chi connectivity index (χ3v) is 11.0. The summed E-state index contributed by atoms with van der Waals surface area (Å²) in [6.45, 7) is 0. The van der Waals surface area contributed by atoms with E-state index in [-0.39, 0.29) is 0 Å². The molecular formula is C50H36Br2O. The molecule has 0 spiro atoms. The van der Waals surface area contributed by atoms with Crippen molar-refractivity contribution in [3.63, 3.8) is 0 Å². The van der Waals surface area contributed by atoms with Crippen molar-refractivity contribution < 1.29 is 4.74 Å². The van der Waals surface area contributed by atoms with Gasteiger partial charge in [-0.05, 0) is 79.9 Å². The van der Waals surface area contributed by atoms with Crippen molar-refractivity contribution in [2.45, 2.75) is 11.2 Å². The first-order valence-electron chi connectivity index (χ1n) is 17.7. The largest absolute Gasteiger partial charge is 0.340 e. The highest BCUT2D eigenvalue weighted by molar-refractivity contribution is 9.10. The molecule has 0 unspecified atom stereocenters. The minimum Gasteiger partial charge on any atom is -0.340 e. The summed E-state index contributed by atoms with van der Waals surface area (Å²) in [6.07, 6.45) is 0. The van der Waals surface area contributed by atoms with E-state index < -0.39 is 11.2 Å².